The van der Waals surface area contributed by atoms with Gasteiger partial charge < -0.3 is 4.57 Å². The summed E-state index contributed by atoms with van der Waals surface area (Å²) in [5.41, 5.74) is 0. The lowest BCUT2D eigenvalue weighted by Gasteiger charge is -2.19. The van der Waals surface area contributed by atoms with Crippen molar-refractivity contribution in [3.8, 4) is 0 Å². The fraction of sp³-hybridized carbons (Fsp3) is 0.727. The molecule has 0 radical (unpaired) electrons. The Bertz CT molecular complexity index is 534. The number of aryl methyl sites for hydroxylation is 2. The summed E-state index contributed by atoms with van der Waals surface area (Å²) >= 11 is 5.48. The van der Waals surface area contributed by atoms with Crippen LogP contribution in [0.3, 0.4) is 0 Å². The fourth-order valence-corrected chi connectivity index (χ4v) is 3.48. The Kier molecular flexibility index (Phi) is 6.35. The molecule has 0 aliphatic rings. The molecular formula is C11H18ClF2N3O2S. The van der Waals surface area contributed by atoms with Crippen molar-refractivity contribution in [2.45, 2.75) is 38.3 Å². The summed E-state index contributed by atoms with van der Waals surface area (Å²) in [5.74, 6) is 0.480. The average Bonchev–Trinajstić information content (AvgIpc) is 2.71. The minimum atomic E-state index is -4.04. The van der Waals surface area contributed by atoms with Crippen LogP contribution < -0.4 is 0 Å². The Morgan fingerprint density at radius 2 is 2.15 bits per heavy atom. The summed E-state index contributed by atoms with van der Waals surface area (Å²) in [5, 5.41) is -0.214. The Balaban J connectivity index is 3.09. The number of alkyl halides is 3. The zero-order valence-electron chi connectivity index (χ0n) is 11.4. The first kappa shape index (κ1) is 17.3. The van der Waals surface area contributed by atoms with E-state index in [1.807, 2.05) is 6.92 Å². The molecular weight excluding hydrogens is 312 g/mol. The molecule has 1 rings (SSSR count). The van der Waals surface area contributed by atoms with Crippen LogP contribution >= 0.6 is 11.6 Å². The van der Waals surface area contributed by atoms with Crippen molar-refractivity contribution in [2.24, 2.45) is 0 Å². The fourth-order valence-electron chi connectivity index (χ4n) is 1.76. The molecule has 1 heterocycles. The highest BCUT2D eigenvalue weighted by atomic mass is 35.5. The SMILES string of the molecule is CCCn1cc(S(=O)(=O)N(CCCl)CC(F)F)nc1C. The molecule has 5 nitrogen and oxygen atoms in total. The Morgan fingerprint density at radius 1 is 1.50 bits per heavy atom. The van der Waals surface area contributed by atoms with Crippen LogP contribution in [0.15, 0.2) is 11.2 Å². The first-order chi connectivity index (χ1) is 9.32. The summed E-state index contributed by atoms with van der Waals surface area (Å²) in [6.07, 6.45) is -0.563. The van der Waals surface area contributed by atoms with Crippen LogP contribution in [-0.2, 0) is 16.6 Å². The zero-order valence-corrected chi connectivity index (χ0v) is 13.0. The number of sulfonamides is 1. The third-order valence-corrected chi connectivity index (χ3v) is 4.60. The van der Waals surface area contributed by atoms with Gasteiger partial charge in [0, 0.05) is 25.2 Å². The normalized spacial score (nSPS) is 12.6. The summed E-state index contributed by atoms with van der Waals surface area (Å²) in [7, 11) is -4.04. The minimum absolute atomic E-state index is 0.0550. The van der Waals surface area contributed by atoms with Gasteiger partial charge in [-0.2, -0.15) is 4.31 Å². The van der Waals surface area contributed by atoms with Crippen molar-refractivity contribution >= 4 is 21.6 Å². The first-order valence-electron chi connectivity index (χ1n) is 6.21. The van der Waals surface area contributed by atoms with Crippen LogP contribution in [0.5, 0.6) is 0 Å². The minimum Gasteiger partial charge on any atom is -0.334 e. The number of nitrogens with zero attached hydrogens (tertiary/aromatic N) is 3. The van der Waals surface area contributed by atoms with E-state index in [9.17, 15) is 17.2 Å². The molecule has 0 fully saturated rings. The van der Waals surface area contributed by atoms with Crippen LogP contribution in [0, 0.1) is 6.92 Å². The van der Waals surface area contributed by atoms with Gasteiger partial charge in [-0.1, -0.05) is 6.92 Å². The third kappa shape index (κ3) is 4.13. The molecule has 9 heteroatoms. The van der Waals surface area contributed by atoms with Crippen LogP contribution in [0.25, 0.3) is 0 Å². The molecule has 116 valence electrons. The van der Waals surface area contributed by atoms with Crippen molar-refractivity contribution in [3.63, 3.8) is 0 Å². The quantitative estimate of drug-likeness (QED) is 0.686. The molecule has 0 aromatic carbocycles. The van der Waals surface area contributed by atoms with E-state index in [-0.39, 0.29) is 17.5 Å². The molecule has 0 saturated heterocycles. The highest BCUT2D eigenvalue weighted by molar-refractivity contribution is 7.89. The van der Waals surface area contributed by atoms with Gasteiger partial charge in [0.25, 0.3) is 16.4 Å². The van der Waals surface area contributed by atoms with E-state index in [4.69, 9.17) is 11.6 Å². The van der Waals surface area contributed by atoms with Crippen LogP contribution in [-0.4, -0.2) is 47.7 Å². The lowest BCUT2D eigenvalue weighted by Crippen LogP contribution is -2.36. The van der Waals surface area contributed by atoms with Crippen LogP contribution in [0.2, 0.25) is 0 Å². The predicted molar refractivity (Wildman–Crippen MR) is 72.7 cm³/mol. The van der Waals surface area contributed by atoms with Crippen LogP contribution in [0.4, 0.5) is 8.78 Å². The molecule has 0 unspecified atom stereocenters. The highest BCUT2D eigenvalue weighted by Gasteiger charge is 2.29. The molecule has 0 aliphatic carbocycles. The molecule has 1 aromatic rings. The third-order valence-electron chi connectivity index (χ3n) is 2.70. The predicted octanol–water partition coefficient (Wildman–Crippen LogP) is 2.10. The second kappa shape index (κ2) is 7.33. The van der Waals surface area contributed by atoms with Gasteiger partial charge in [-0.05, 0) is 13.3 Å². The van der Waals surface area contributed by atoms with E-state index in [1.165, 1.54) is 6.20 Å². The van der Waals surface area contributed by atoms with Gasteiger partial charge in [-0.15, -0.1) is 11.6 Å². The monoisotopic (exact) mass is 329 g/mol. The van der Waals surface area contributed by atoms with Gasteiger partial charge in [0.2, 0.25) is 0 Å². The lowest BCUT2D eigenvalue weighted by molar-refractivity contribution is 0.121. The number of imidazole rings is 1. The van der Waals surface area contributed by atoms with Crippen molar-refractivity contribution in [3.05, 3.63) is 12.0 Å². The average molecular weight is 330 g/mol. The van der Waals surface area contributed by atoms with E-state index in [2.05, 4.69) is 4.98 Å². The van der Waals surface area contributed by atoms with Crippen molar-refractivity contribution in [1.82, 2.24) is 13.9 Å². The van der Waals surface area contributed by atoms with E-state index < -0.39 is 23.0 Å². The van der Waals surface area contributed by atoms with Gasteiger partial charge in [-0.25, -0.2) is 22.2 Å². The molecule has 20 heavy (non-hydrogen) atoms. The maximum atomic E-state index is 12.5. The Hall–Kier alpha value is -0.730. The lowest BCUT2D eigenvalue weighted by atomic mass is 10.5. The topological polar surface area (TPSA) is 55.2 Å². The number of hydrogen-bond acceptors (Lipinski definition) is 3. The van der Waals surface area contributed by atoms with Gasteiger partial charge >= 0.3 is 0 Å². The molecule has 0 bridgehead atoms. The number of aromatic nitrogens is 2. The highest BCUT2D eigenvalue weighted by Crippen LogP contribution is 2.17. The van der Waals surface area contributed by atoms with E-state index >= 15 is 0 Å². The maximum absolute atomic E-state index is 12.5. The second-order valence-electron chi connectivity index (χ2n) is 4.26. The molecule has 0 amide bonds. The number of rotatable bonds is 8. The molecule has 0 N–H and O–H groups in total. The number of halogens is 3. The van der Waals surface area contributed by atoms with Crippen molar-refractivity contribution in [1.29, 1.82) is 0 Å². The first-order valence-corrected chi connectivity index (χ1v) is 8.18. The maximum Gasteiger partial charge on any atom is 0.262 e. The van der Waals surface area contributed by atoms with Crippen molar-refractivity contribution < 1.29 is 17.2 Å². The standard InChI is InChI=1S/C11H18ClF2N3O2S/c1-3-5-16-8-11(15-9(16)2)20(18,19)17(6-4-12)7-10(13)14/h8,10H,3-7H2,1-2H3. The van der Waals surface area contributed by atoms with Gasteiger partial charge in [0.05, 0.1) is 6.54 Å². The smallest absolute Gasteiger partial charge is 0.262 e. The molecule has 0 atom stereocenters. The molecule has 0 spiro atoms. The van der Waals surface area contributed by atoms with Crippen molar-refractivity contribution in [2.75, 3.05) is 19.0 Å². The van der Waals surface area contributed by atoms with Crippen LogP contribution in [0.1, 0.15) is 19.2 Å². The van der Waals surface area contributed by atoms with Gasteiger partial charge in [0.1, 0.15) is 5.82 Å². The van der Waals surface area contributed by atoms with Gasteiger partial charge in [-0.3, -0.25) is 0 Å². The molecule has 0 aliphatic heterocycles. The Morgan fingerprint density at radius 3 is 2.65 bits per heavy atom. The summed E-state index contributed by atoms with van der Waals surface area (Å²) in [6.45, 7) is 3.19. The summed E-state index contributed by atoms with van der Waals surface area (Å²) < 4.78 is 51.9. The summed E-state index contributed by atoms with van der Waals surface area (Å²) in [6, 6.07) is 0. The van der Waals surface area contributed by atoms with Gasteiger partial charge in [0.15, 0.2) is 5.03 Å². The Labute approximate surface area is 122 Å². The van der Waals surface area contributed by atoms with E-state index in [1.54, 1.807) is 11.5 Å². The largest absolute Gasteiger partial charge is 0.334 e. The second-order valence-corrected chi connectivity index (χ2v) is 6.53. The zero-order chi connectivity index (χ0) is 15.3. The van der Waals surface area contributed by atoms with E-state index in [0.29, 0.717) is 16.7 Å². The number of hydrogen-bond donors (Lipinski definition) is 0. The molecule has 1 aromatic heterocycles. The summed E-state index contributed by atoms with van der Waals surface area (Å²) in [4.78, 5) is 3.96. The molecule has 0 saturated carbocycles. The van der Waals surface area contributed by atoms with E-state index in [0.717, 1.165) is 6.42 Å².